The number of rotatable bonds is 4. The zero-order valence-corrected chi connectivity index (χ0v) is 14.4. The van der Waals surface area contributed by atoms with Crippen molar-refractivity contribution in [3.05, 3.63) is 35.4 Å². The molecule has 0 aliphatic carbocycles. The molecular weight excluding hydrogens is 306 g/mol. The lowest BCUT2D eigenvalue weighted by Gasteiger charge is -2.31. The van der Waals surface area contributed by atoms with Gasteiger partial charge in [-0.2, -0.15) is 10.2 Å². The van der Waals surface area contributed by atoms with Crippen molar-refractivity contribution in [2.45, 2.75) is 33.2 Å². The molecule has 7 heteroatoms. The van der Waals surface area contributed by atoms with Crippen LogP contribution in [0.25, 0.3) is 0 Å². The Kier molecular flexibility index (Phi) is 4.51. The van der Waals surface area contributed by atoms with Crippen molar-refractivity contribution in [2.75, 3.05) is 13.1 Å². The van der Waals surface area contributed by atoms with Crippen LogP contribution < -0.4 is 0 Å². The molecule has 0 bridgehead atoms. The molecular formula is C17H23N5O2. The molecule has 1 aliphatic heterocycles. The van der Waals surface area contributed by atoms with E-state index in [4.69, 9.17) is 0 Å². The second kappa shape index (κ2) is 6.59. The lowest BCUT2D eigenvalue weighted by Crippen LogP contribution is -2.40. The first-order valence-corrected chi connectivity index (χ1v) is 8.36. The Balaban J connectivity index is 1.64. The molecule has 0 radical (unpaired) electrons. The number of aryl methyl sites for hydroxylation is 3. The fourth-order valence-corrected chi connectivity index (χ4v) is 3.23. The first-order chi connectivity index (χ1) is 11.5. The molecule has 1 amide bonds. The molecule has 0 spiro atoms. The Bertz CT molecular complexity index is 753. The van der Waals surface area contributed by atoms with Crippen molar-refractivity contribution >= 4 is 11.7 Å². The third kappa shape index (κ3) is 2.98. The predicted molar refractivity (Wildman–Crippen MR) is 88.8 cm³/mol. The Morgan fingerprint density at radius 3 is 2.54 bits per heavy atom. The summed E-state index contributed by atoms with van der Waals surface area (Å²) >= 11 is 0. The molecule has 128 valence electrons. The zero-order chi connectivity index (χ0) is 17.3. The van der Waals surface area contributed by atoms with Crippen LogP contribution in [0.1, 0.15) is 46.3 Å². The van der Waals surface area contributed by atoms with E-state index in [1.165, 1.54) is 0 Å². The van der Waals surface area contributed by atoms with Gasteiger partial charge in [-0.25, -0.2) is 0 Å². The summed E-state index contributed by atoms with van der Waals surface area (Å²) in [6.45, 7) is 5.80. The van der Waals surface area contributed by atoms with Crippen molar-refractivity contribution in [3.63, 3.8) is 0 Å². The second-order valence-corrected chi connectivity index (χ2v) is 6.25. The summed E-state index contributed by atoms with van der Waals surface area (Å²) < 4.78 is 3.39. The van der Waals surface area contributed by atoms with E-state index >= 15 is 0 Å². The maximum absolute atomic E-state index is 12.7. The van der Waals surface area contributed by atoms with Gasteiger partial charge in [0.1, 0.15) is 5.69 Å². The number of aromatic nitrogens is 4. The number of likely N-dealkylation sites (tertiary alicyclic amines) is 1. The molecule has 0 N–H and O–H groups in total. The van der Waals surface area contributed by atoms with Gasteiger partial charge in [-0.3, -0.25) is 19.0 Å². The van der Waals surface area contributed by atoms with Gasteiger partial charge in [0, 0.05) is 45.0 Å². The third-order valence-electron chi connectivity index (χ3n) is 4.73. The van der Waals surface area contributed by atoms with Crippen LogP contribution in [0, 0.1) is 12.8 Å². The van der Waals surface area contributed by atoms with Gasteiger partial charge < -0.3 is 4.90 Å². The highest BCUT2D eigenvalue weighted by atomic mass is 16.2. The maximum Gasteiger partial charge on any atom is 0.257 e. The molecule has 3 rings (SSSR count). The summed E-state index contributed by atoms with van der Waals surface area (Å²) in [6, 6.07) is 1.75. The highest BCUT2D eigenvalue weighted by Gasteiger charge is 2.30. The van der Waals surface area contributed by atoms with Crippen LogP contribution in [0.4, 0.5) is 0 Å². The highest BCUT2D eigenvalue weighted by molar-refractivity contribution is 5.97. The summed E-state index contributed by atoms with van der Waals surface area (Å²) in [5, 5.41) is 8.39. The monoisotopic (exact) mass is 329 g/mol. The number of Topliss-reactive ketones (excluding diaryl/α,β-unsaturated/α-hetero) is 1. The van der Waals surface area contributed by atoms with Gasteiger partial charge in [-0.05, 0) is 32.8 Å². The molecule has 0 saturated carbocycles. The van der Waals surface area contributed by atoms with E-state index in [1.54, 1.807) is 28.7 Å². The topological polar surface area (TPSA) is 73.0 Å². The third-order valence-corrected chi connectivity index (χ3v) is 4.73. The van der Waals surface area contributed by atoms with Crippen molar-refractivity contribution < 1.29 is 9.59 Å². The first kappa shape index (κ1) is 16.4. The van der Waals surface area contributed by atoms with E-state index in [-0.39, 0.29) is 17.6 Å². The van der Waals surface area contributed by atoms with E-state index in [0.29, 0.717) is 37.2 Å². The van der Waals surface area contributed by atoms with Gasteiger partial charge in [0.2, 0.25) is 0 Å². The summed E-state index contributed by atoms with van der Waals surface area (Å²) in [6.07, 6.45) is 4.83. The van der Waals surface area contributed by atoms with E-state index in [9.17, 15) is 9.59 Å². The molecule has 1 fully saturated rings. The van der Waals surface area contributed by atoms with Gasteiger partial charge in [0.05, 0.1) is 11.3 Å². The average molecular weight is 329 g/mol. The van der Waals surface area contributed by atoms with Crippen LogP contribution in [0.15, 0.2) is 18.5 Å². The van der Waals surface area contributed by atoms with Gasteiger partial charge in [0.15, 0.2) is 5.78 Å². The number of ketones is 1. The Hall–Kier alpha value is -2.44. The minimum atomic E-state index is -0.0380. The fraction of sp³-hybridized carbons (Fsp3) is 0.529. The number of piperidine rings is 1. The normalized spacial score (nSPS) is 15.7. The second-order valence-electron chi connectivity index (χ2n) is 6.25. The lowest BCUT2D eigenvalue weighted by molar-refractivity contribution is 0.0647. The van der Waals surface area contributed by atoms with Crippen molar-refractivity contribution in [3.8, 4) is 0 Å². The van der Waals surface area contributed by atoms with Crippen molar-refractivity contribution in [2.24, 2.45) is 13.0 Å². The predicted octanol–water partition coefficient (Wildman–Crippen LogP) is 1.68. The quantitative estimate of drug-likeness (QED) is 0.800. The van der Waals surface area contributed by atoms with Gasteiger partial charge >= 0.3 is 0 Å². The van der Waals surface area contributed by atoms with Crippen molar-refractivity contribution in [1.29, 1.82) is 0 Å². The summed E-state index contributed by atoms with van der Waals surface area (Å²) in [7, 11) is 1.78. The molecule has 2 aromatic rings. The van der Waals surface area contributed by atoms with Crippen LogP contribution in [-0.2, 0) is 13.6 Å². The minimum absolute atomic E-state index is 0.0126. The SMILES string of the molecule is CCn1cc(C(=O)N2CCC(C(=O)c3ccnn3C)CC2)c(C)n1. The maximum atomic E-state index is 12.7. The Morgan fingerprint density at radius 1 is 1.29 bits per heavy atom. The lowest BCUT2D eigenvalue weighted by atomic mass is 9.90. The smallest absolute Gasteiger partial charge is 0.257 e. The standard InChI is InChI=1S/C17H23N5O2/c1-4-22-11-14(12(2)19-22)17(24)21-9-6-13(7-10-21)16(23)15-5-8-18-20(15)3/h5,8,11,13H,4,6-7,9-10H2,1-3H3. The van der Waals surface area contributed by atoms with E-state index < -0.39 is 0 Å². The zero-order valence-electron chi connectivity index (χ0n) is 14.4. The molecule has 7 nitrogen and oxygen atoms in total. The van der Waals surface area contributed by atoms with Crippen LogP contribution in [0.2, 0.25) is 0 Å². The van der Waals surface area contributed by atoms with Crippen molar-refractivity contribution in [1.82, 2.24) is 24.5 Å². The number of hydrogen-bond acceptors (Lipinski definition) is 4. The summed E-state index contributed by atoms with van der Waals surface area (Å²) in [5.41, 5.74) is 2.06. The van der Waals surface area contributed by atoms with E-state index in [2.05, 4.69) is 10.2 Å². The number of carbonyl (C=O) groups is 2. The summed E-state index contributed by atoms with van der Waals surface area (Å²) in [4.78, 5) is 27.1. The minimum Gasteiger partial charge on any atom is -0.338 e. The summed E-state index contributed by atoms with van der Waals surface area (Å²) in [5.74, 6) is 0.0969. The number of nitrogens with zero attached hydrogens (tertiary/aromatic N) is 5. The van der Waals surface area contributed by atoms with Crippen LogP contribution in [0.3, 0.4) is 0 Å². The fourth-order valence-electron chi connectivity index (χ4n) is 3.23. The molecule has 0 aromatic carbocycles. The van der Waals surface area contributed by atoms with Crippen LogP contribution in [0.5, 0.6) is 0 Å². The molecule has 3 heterocycles. The average Bonchev–Trinajstić information content (AvgIpc) is 3.19. The Labute approximate surface area is 141 Å². The number of carbonyl (C=O) groups excluding carboxylic acids is 2. The molecule has 2 aromatic heterocycles. The number of hydrogen-bond donors (Lipinski definition) is 0. The molecule has 1 aliphatic rings. The number of amides is 1. The van der Waals surface area contributed by atoms with Crippen LogP contribution >= 0.6 is 0 Å². The largest absolute Gasteiger partial charge is 0.338 e. The molecule has 24 heavy (non-hydrogen) atoms. The van der Waals surface area contributed by atoms with E-state index in [1.807, 2.05) is 24.9 Å². The molecule has 0 unspecified atom stereocenters. The van der Waals surface area contributed by atoms with Gasteiger partial charge in [-0.1, -0.05) is 0 Å². The van der Waals surface area contributed by atoms with Gasteiger partial charge in [-0.15, -0.1) is 0 Å². The van der Waals surface area contributed by atoms with Gasteiger partial charge in [0.25, 0.3) is 5.91 Å². The first-order valence-electron chi connectivity index (χ1n) is 8.36. The highest BCUT2D eigenvalue weighted by Crippen LogP contribution is 2.23. The Morgan fingerprint density at radius 2 is 2.00 bits per heavy atom. The van der Waals surface area contributed by atoms with Crippen LogP contribution in [-0.4, -0.2) is 49.2 Å². The van der Waals surface area contributed by atoms with E-state index in [0.717, 1.165) is 12.2 Å². The molecule has 0 atom stereocenters. The molecule has 1 saturated heterocycles.